The molecule has 132 valence electrons. The Bertz CT molecular complexity index is 620. The lowest BCUT2D eigenvalue weighted by atomic mass is 9.95. The average Bonchev–Trinajstić information content (AvgIpc) is 2.98. The predicted octanol–water partition coefficient (Wildman–Crippen LogP) is 3.29. The molecule has 2 amide bonds. The normalized spacial score (nSPS) is 20.7. The quantitative estimate of drug-likeness (QED) is 0.791. The first-order valence-electron chi connectivity index (χ1n) is 8.65. The number of amides is 2. The molecule has 5 heteroatoms. The molecule has 0 bridgehead atoms. The van der Waals surface area contributed by atoms with Crippen LogP contribution in [0.3, 0.4) is 0 Å². The standard InChI is InChI=1S/C19H29N3O2/c1-12-8-9-14(21-18(24)19(2,3)4)10-16(12)22-17(23)15-7-5-6-13(15)11-20/h8-10,13,15H,5-7,11,20H2,1-4H3,(H,21,24)(H,22,23)/t13-,15-/m1/s1. The van der Waals surface area contributed by atoms with E-state index >= 15 is 0 Å². The molecule has 5 nitrogen and oxygen atoms in total. The lowest BCUT2D eigenvalue weighted by molar-refractivity contribution is -0.123. The SMILES string of the molecule is Cc1ccc(NC(=O)C(C)(C)C)cc1NC(=O)[C@@H]1CCC[C@@H]1CN. The van der Waals surface area contributed by atoms with Gasteiger partial charge in [-0.15, -0.1) is 0 Å². The summed E-state index contributed by atoms with van der Waals surface area (Å²) in [6.45, 7) is 8.10. The summed E-state index contributed by atoms with van der Waals surface area (Å²) >= 11 is 0. The van der Waals surface area contributed by atoms with Crippen LogP contribution in [0.4, 0.5) is 11.4 Å². The molecule has 0 aromatic heterocycles. The van der Waals surface area contributed by atoms with Crippen LogP contribution in [0.25, 0.3) is 0 Å². The van der Waals surface area contributed by atoms with E-state index in [0.717, 1.165) is 30.5 Å². The second kappa shape index (κ2) is 7.34. The molecule has 1 aromatic carbocycles. The molecule has 1 aliphatic rings. The molecule has 1 fully saturated rings. The molecule has 1 aliphatic carbocycles. The summed E-state index contributed by atoms with van der Waals surface area (Å²) in [5.41, 5.74) is 7.72. The van der Waals surface area contributed by atoms with Crippen molar-refractivity contribution in [3.8, 4) is 0 Å². The minimum atomic E-state index is -0.466. The van der Waals surface area contributed by atoms with E-state index in [0.29, 0.717) is 12.2 Å². The Morgan fingerprint density at radius 1 is 1.21 bits per heavy atom. The summed E-state index contributed by atoms with van der Waals surface area (Å²) in [5, 5.41) is 5.93. The first-order chi connectivity index (χ1) is 11.2. The highest BCUT2D eigenvalue weighted by Crippen LogP contribution is 2.32. The van der Waals surface area contributed by atoms with Crippen molar-refractivity contribution in [1.29, 1.82) is 0 Å². The maximum absolute atomic E-state index is 12.6. The topological polar surface area (TPSA) is 84.2 Å². The Hall–Kier alpha value is -1.88. The van der Waals surface area contributed by atoms with Gasteiger partial charge in [-0.3, -0.25) is 9.59 Å². The molecule has 0 aliphatic heterocycles. The molecule has 2 atom stereocenters. The van der Waals surface area contributed by atoms with Gasteiger partial charge >= 0.3 is 0 Å². The molecule has 0 heterocycles. The van der Waals surface area contributed by atoms with Crippen molar-refractivity contribution in [1.82, 2.24) is 0 Å². The van der Waals surface area contributed by atoms with E-state index in [1.807, 2.05) is 45.9 Å². The van der Waals surface area contributed by atoms with E-state index in [4.69, 9.17) is 5.73 Å². The Morgan fingerprint density at radius 3 is 2.54 bits per heavy atom. The van der Waals surface area contributed by atoms with E-state index in [9.17, 15) is 9.59 Å². The highest BCUT2D eigenvalue weighted by molar-refractivity contribution is 5.97. The second-order valence-electron chi connectivity index (χ2n) is 7.76. The zero-order chi connectivity index (χ0) is 17.9. The van der Waals surface area contributed by atoms with Gasteiger partial charge in [-0.1, -0.05) is 33.3 Å². The average molecular weight is 331 g/mol. The van der Waals surface area contributed by atoms with Gasteiger partial charge in [-0.05, 0) is 49.9 Å². The molecular weight excluding hydrogens is 302 g/mol. The van der Waals surface area contributed by atoms with Gasteiger partial charge in [0, 0.05) is 22.7 Å². The molecule has 0 spiro atoms. The monoisotopic (exact) mass is 331 g/mol. The van der Waals surface area contributed by atoms with Gasteiger partial charge in [0.05, 0.1) is 0 Å². The second-order valence-corrected chi connectivity index (χ2v) is 7.76. The zero-order valence-electron chi connectivity index (χ0n) is 15.1. The summed E-state index contributed by atoms with van der Waals surface area (Å²) in [5.74, 6) is 0.240. The molecule has 0 radical (unpaired) electrons. The lowest BCUT2D eigenvalue weighted by Crippen LogP contribution is -2.30. The first kappa shape index (κ1) is 18.5. The number of carbonyl (C=O) groups is 2. The minimum absolute atomic E-state index is 0.0118. The van der Waals surface area contributed by atoms with E-state index < -0.39 is 5.41 Å². The van der Waals surface area contributed by atoms with Crippen LogP contribution in [-0.2, 0) is 9.59 Å². The Labute approximate surface area is 144 Å². The van der Waals surface area contributed by atoms with Crippen molar-refractivity contribution in [2.24, 2.45) is 23.0 Å². The summed E-state index contributed by atoms with van der Waals surface area (Å²) < 4.78 is 0. The van der Waals surface area contributed by atoms with Gasteiger partial charge in [0.15, 0.2) is 0 Å². The van der Waals surface area contributed by atoms with Crippen LogP contribution in [0.2, 0.25) is 0 Å². The van der Waals surface area contributed by atoms with Crippen LogP contribution in [0, 0.1) is 24.2 Å². The van der Waals surface area contributed by atoms with Crippen LogP contribution < -0.4 is 16.4 Å². The number of anilines is 2. The van der Waals surface area contributed by atoms with Crippen LogP contribution >= 0.6 is 0 Å². The maximum atomic E-state index is 12.6. The van der Waals surface area contributed by atoms with Crippen molar-refractivity contribution in [2.75, 3.05) is 17.2 Å². The van der Waals surface area contributed by atoms with Gasteiger partial charge in [0.25, 0.3) is 0 Å². The first-order valence-corrected chi connectivity index (χ1v) is 8.65. The van der Waals surface area contributed by atoms with Gasteiger partial charge < -0.3 is 16.4 Å². The van der Waals surface area contributed by atoms with E-state index in [1.165, 1.54) is 0 Å². The van der Waals surface area contributed by atoms with E-state index in [-0.39, 0.29) is 23.7 Å². The number of hydrogen-bond donors (Lipinski definition) is 3. The fraction of sp³-hybridized carbons (Fsp3) is 0.579. The number of nitrogens with one attached hydrogen (secondary N) is 2. The number of aryl methyl sites for hydroxylation is 1. The highest BCUT2D eigenvalue weighted by Gasteiger charge is 2.32. The van der Waals surface area contributed by atoms with Crippen LogP contribution in [0.5, 0.6) is 0 Å². The number of benzene rings is 1. The van der Waals surface area contributed by atoms with Crippen molar-refractivity contribution >= 4 is 23.2 Å². The molecular formula is C19H29N3O2. The predicted molar refractivity (Wildman–Crippen MR) is 97.8 cm³/mol. The number of rotatable bonds is 4. The molecule has 1 aromatic rings. The number of nitrogens with two attached hydrogens (primary N) is 1. The lowest BCUT2D eigenvalue weighted by Gasteiger charge is -2.20. The summed E-state index contributed by atoms with van der Waals surface area (Å²) in [7, 11) is 0. The van der Waals surface area contributed by atoms with Crippen molar-refractivity contribution < 1.29 is 9.59 Å². The highest BCUT2D eigenvalue weighted by atomic mass is 16.2. The Balaban J connectivity index is 2.11. The molecule has 0 unspecified atom stereocenters. The smallest absolute Gasteiger partial charge is 0.229 e. The Kier molecular flexibility index (Phi) is 5.65. The molecule has 1 saturated carbocycles. The third-order valence-electron chi connectivity index (χ3n) is 4.73. The number of carbonyl (C=O) groups excluding carboxylic acids is 2. The molecule has 0 saturated heterocycles. The minimum Gasteiger partial charge on any atom is -0.330 e. The van der Waals surface area contributed by atoms with Crippen LogP contribution in [-0.4, -0.2) is 18.4 Å². The van der Waals surface area contributed by atoms with Gasteiger partial charge in [-0.2, -0.15) is 0 Å². The third kappa shape index (κ3) is 4.35. The summed E-state index contributed by atoms with van der Waals surface area (Å²) in [6, 6.07) is 5.58. The third-order valence-corrected chi connectivity index (χ3v) is 4.73. The summed E-state index contributed by atoms with van der Waals surface area (Å²) in [6.07, 6.45) is 2.98. The van der Waals surface area contributed by atoms with Crippen molar-refractivity contribution in [3.63, 3.8) is 0 Å². The zero-order valence-corrected chi connectivity index (χ0v) is 15.1. The molecule has 4 N–H and O–H groups in total. The van der Waals surface area contributed by atoms with Crippen LogP contribution in [0.15, 0.2) is 18.2 Å². The fourth-order valence-corrected chi connectivity index (χ4v) is 3.04. The van der Waals surface area contributed by atoms with Gasteiger partial charge in [-0.25, -0.2) is 0 Å². The van der Waals surface area contributed by atoms with Crippen LogP contribution in [0.1, 0.15) is 45.6 Å². The molecule has 24 heavy (non-hydrogen) atoms. The van der Waals surface area contributed by atoms with Crippen molar-refractivity contribution in [3.05, 3.63) is 23.8 Å². The number of hydrogen-bond acceptors (Lipinski definition) is 3. The maximum Gasteiger partial charge on any atom is 0.229 e. The van der Waals surface area contributed by atoms with E-state index in [2.05, 4.69) is 10.6 Å². The molecule has 2 rings (SSSR count). The van der Waals surface area contributed by atoms with Gasteiger partial charge in [0.2, 0.25) is 11.8 Å². The largest absolute Gasteiger partial charge is 0.330 e. The Morgan fingerprint density at radius 2 is 1.92 bits per heavy atom. The van der Waals surface area contributed by atoms with E-state index in [1.54, 1.807) is 0 Å². The fourth-order valence-electron chi connectivity index (χ4n) is 3.04. The van der Waals surface area contributed by atoms with Gasteiger partial charge in [0.1, 0.15) is 0 Å². The summed E-state index contributed by atoms with van der Waals surface area (Å²) in [4.78, 5) is 24.7. The van der Waals surface area contributed by atoms with Crippen molar-refractivity contribution in [2.45, 2.75) is 47.0 Å².